The molecule has 0 aromatic heterocycles. The van der Waals surface area contributed by atoms with Crippen LogP contribution >= 0.6 is 0 Å². The molecule has 0 nitrogen and oxygen atoms in total. The van der Waals surface area contributed by atoms with E-state index in [1.54, 1.807) is 0 Å². The van der Waals surface area contributed by atoms with E-state index in [0.29, 0.717) is 0 Å². The van der Waals surface area contributed by atoms with Gasteiger partial charge in [0.2, 0.25) is 0 Å². The third-order valence-electron chi connectivity index (χ3n) is 4.76. The molecular formula is C16H38Si2. The van der Waals surface area contributed by atoms with Gasteiger partial charge in [-0.2, -0.15) is 0 Å². The maximum absolute atomic E-state index is 2.51. The Kier molecular flexibility index (Phi) is 7.45. The summed E-state index contributed by atoms with van der Waals surface area (Å²) in [4.78, 5) is 0. The minimum Gasteiger partial charge on any atom is -0.0695 e. The Hall–Kier alpha value is 0.434. The molecule has 0 fully saturated rings. The molecule has 0 rings (SSSR count). The molecule has 0 spiro atoms. The van der Waals surface area contributed by atoms with Crippen molar-refractivity contribution in [3.63, 3.8) is 0 Å². The first-order valence-corrected chi connectivity index (χ1v) is 15.2. The normalized spacial score (nSPS) is 18.5. The van der Waals surface area contributed by atoms with Crippen LogP contribution in [0.25, 0.3) is 0 Å². The Morgan fingerprint density at radius 3 is 1.67 bits per heavy atom. The van der Waals surface area contributed by atoms with Crippen LogP contribution in [0.4, 0.5) is 0 Å². The molecule has 0 aliphatic carbocycles. The van der Waals surface area contributed by atoms with Crippen LogP contribution in [0.5, 0.6) is 0 Å². The second-order valence-corrected chi connectivity index (χ2v) is 20.2. The summed E-state index contributed by atoms with van der Waals surface area (Å²) in [6.45, 7) is 22.5. The molecule has 0 radical (unpaired) electrons. The maximum atomic E-state index is 2.51. The number of hydrogen-bond donors (Lipinski definition) is 0. The van der Waals surface area contributed by atoms with Crippen molar-refractivity contribution in [2.75, 3.05) is 0 Å². The van der Waals surface area contributed by atoms with Crippen molar-refractivity contribution < 1.29 is 0 Å². The Bertz CT molecular complexity index is 222. The molecule has 2 heteroatoms. The minimum absolute atomic E-state index is 0.814. The molecule has 18 heavy (non-hydrogen) atoms. The summed E-state index contributed by atoms with van der Waals surface area (Å²) in [6.07, 6.45) is 4.36. The number of rotatable bonds is 8. The third kappa shape index (κ3) is 8.52. The van der Waals surface area contributed by atoms with E-state index in [-0.39, 0.29) is 0 Å². The molecular weight excluding hydrogens is 248 g/mol. The molecule has 0 bridgehead atoms. The highest BCUT2D eigenvalue weighted by Gasteiger charge is 2.25. The topological polar surface area (TPSA) is 0 Å². The van der Waals surface area contributed by atoms with E-state index in [1.807, 2.05) is 0 Å². The average Bonchev–Trinajstić information content (AvgIpc) is 2.13. The van der Waals surface area contributed by atoms with Gasteiger partial charge in [0.25, 0.3) is 0 Å². The smallest absolute Gasteiger partial charge is 0.0471 e. The molecule has 0 aliphatic heterocycles. The monoisotopic (exact) mass is 286 g/mol. The molecule has 0 heterocycles. The van der Waals surface area contributed by atoms with Crippen LogP contribution in [0.1, 0.15) is 40.0 Å². The van der Waals surface area contributed by atoms with Crippen molar-refractivity contribution in [3.8, 4) is 0 Å². The summed E-state index contributed by atoms with van der Waals surface area (Å²) in [5, 5.41) is 0. The molecule has 3 unspecified atom stereocenters. The summed E-state index contributed by atoms with van der Waals surface area (Å²) in [6, 6.07) is 1.51. The molecule has 0 saturated heterocycles. The fraction of sp³-hybridized carbons (Fsp3) is 1.00. The van der Waals surface area contributed by atoms with Crippen LogP contribution in [0, 0.1) is 11.8 Å². The zero-order chi connectivity index (χ0) is 14.6. The summed E-state index contributed by atoms with van der Waals surface area (Å²) < 4.78 is 0. The van der Waals surface area contributed by atoms with Gasteiger partial charge in [0.05, 0.1) is 0 Å². The van der Waals surface area contributed by atoms with E-state index in [2.05, 4.69) is 60.1 Å². The van der Waals surface area contributed by atoms with Gasteiger partial charge in [-0.15, -0.1) is 0 Å². The highest BCUT2D eigenvalue weighted by molar-refractivity contribution is 6.77. The molecule has 3 atom stereocenters. The SMILES string of the molecule is CC(CCC[Si](C)(C)C)C(C)CC(C)[Si](C)(C)C. The quantitative estimate of drug-likeness (QED) is 0.447. The lowest BCUT2D eigenvalue weighted by Crippen LogP contribution is -2.28. The van der Waals surface area contributed by atoms with Gasteiger partial charge >= 0.3 is 0 Å². The van der Waals surface area contributed by atoms with E-state index in [0.717, 1.165) is 17.4 Å². The van der Waals surface area contributed by atoms with E-state index < -0.39 is 16.1 Å². The van der Waals surface area contributed by atoms with Gasteiger partial charge in [0.1, 0.15) is 0 Å². The van der Waals surface area contributed by atoms with E-state index >= 15 is 0 Å². The second kappa shape index (κ2) is 7.28. The summed E-state index contributed by atoms with van der Waals surface area (Å²) in [5.74, 6) is 1.83. The number of hydrogen-bond acceptors (Lipinski definition) is 0. The van der Waals surface area contributed by atoms with Gasteiger partial charge in [-0.05, 0) is 17.4 Å². The maximum Gasteiger partial charge on any atom is 0.0471 e. The van der Waals surface area contributed by atoms with Crippen molar-refractivity contribution in [2.45, 2.75) is 90.9 Å². The third-order valence-corrected chi connectivity index (χ3v) is 9.81. The first-order valence-electron chi connectivity index (χ1n) is 7.93. The van der Waals surface area contributed by atoms with Crippen molar-refractivity contribution in [1.29, 1.82) is 0 Å². The van der Waals surface area contributed by atoms with Crippen LogP contribution in [0.3, 0.4) is 0 Å². The fourth-order valence-corrected chi connectivity index (χ4v) is 4.73. The molecule has 0 aromatic rings. The predicted octanol–water partition coefficient (Wildman–Crippen LogP) is 6.50. The van der Waals surface area contributed by atoms with Gasteiger partial charge in [0.15, 0.2) is 0 Å². The van der Waals surface area contributed by atoms with Crippen LogP contribution in [-0.4, -0.2) is 16.1 Å². The molecule has 0 amide bonds. The summed E-state index contributed by atoms with van der Waals surface area (Å²) in [5.41, 5.74) is 0.965. The van der Waals surface area contributed by atoms with Crippen molar-refractivity contribution in [3.05, 3.63) is 0 Å². The Morgan fingerprint density at radius 1 is 0.778 bits per heavy atom. The molecule has 0 aromatic carbocycles. The van der Waals surface area contributed by atoms with Crippen molar-refractivity contribution >= 4 is 16.1 Å². The van der Waals surface area contributed by atoms with Gasteiger partial charge in [-0.1, -0.05) is 85.4 Å². The molecule has 110 valence electrons. The predicted molar refractivity (Wildman–Crippen MR) is 93.1 cm³/mol. The van der Waals surface area contributed by atoms with Crippen molar-refractivity contribution in [2.24, 2.45) is 11.8 Å². The Balaban J connectivity index is 4.00. The molecule has 0 saturated carbocycles. The van der Waals surface area contributed by atoms with Crippen molar-refractivity contribution in [1.82, 2.24) is 0 Å². The van der Waals surface area contributed by atoms with Gasteiger partial charge < -0.3 is 0 Å². The van der Waals surface area contributed by atoms with Gasteiger partial charge in [-0.25, -0.2) is 0 Å². The molecule has 0 N–H and O–H groups in total. The van der Waals surface area contributed by atoms with Crippen LogP contribution in [0.15, 0.2) is 0 Å². The minimum atomic E-state index is -0.924. The summed E-state index contributed by atoms with van der Waals surface area (Å²) >= 11 is 0. The lowest BCUT2D eigenvalue weighted by Gasteiger charge is -2.30. The van der Waals surface area contributed by atoms with Crippen LogP contribution < -0.4 is 0 Å². The Labute approximate surface area is 119 Å². The lowest BCUT2D eigenvalue weighted by molar-refractivity contribution is 0.336. The largest absolute Gasteiger partial charge is 0.0695 e. The van der Waals surface area contributed by atoms with E-state index in [9.17, 15) is 0 Å². The Morgan fingerprint density at radius 2 is 1.28 bits per heavy atom. The first kappa shape index (κ1) is 18.4. The zero-order valence-electron chi connectivity index (χ0n) is 14.6. The average molecular weight is 287 g/mol. The highest BCUT2D eigenvalue weighted by atomic mass is 28.3. The fourth-order valence-electron chi connectivity index (χ4n) is 2.38. The molecule has 0 aliphatic rings. The second-order valence-electron chi connectivity index (χ2n) is 8.91. The van der Waals surface area contributed by atoms with E-state index in [1.165, 1.54) is 25.3 Å². The van der Waals surface area contributed by atoms with Crippen LogP contribution in [0.2, 0.25) is 50.9 Å². The standard InChI is InChI=1S/C16H38Si2/c1-14(11-10-12-17(4,5)6)15(2)13-16(3)18(7,8)9/h14-16H,10-13H2,1-9H3. The van der Waals surface area contributed by atoms with Gasteiger partial charge in [0, 0.05) is 16.1 Å². The van der Waals surface area contributed by atoms with E-state index in [4.69, 9.17) is 0 Å². The lowest BCUT2D eigenvalue weighted by atomic mass is 9.88. The van der Waals surface area contributed by atoms with Crippen LogP contribution in [-0.2, 0) is 0 Å². The highest BCUT2D eigenvalue weighted by Crippen LogP contribution is 2.33. The summed E-state index contributed by atoms with van der Waals surface area (Å²) in [7, 11) is -1.74. The van der Waals surface area contributed by atoms with Gasteiger partial charge in [-0.3, -0.25) is 0 Å². The zero-order valence-corrected chi connectivity index (χ0v) is 16.6. The first-order chi connectivity index (χ1) is 7.93.